The Hall–Kier alpha value is -1.78. The van der Waals surface area contributed by atoms with Gasteiger partial charge in [-0.05, 0) is 24.6 Å². The van der Waals surface area contributed by atoms with Crippen LogP contribution in [0.3, 0.4) is 0 Å². The van der Waals surface area contributed by atoms with Gasteiger partial charge in [0.05, 0.1) is 11.3 Å². The van der Waals surface area contributed by atoms with Crippen molar-refractivity contribution in [1.29, 1.82) is 5.53 Å². The van der Waals surface area contributed by atoms with Crippen molar-refractivity contribution in [2.45, 2.75) is 19.8 Å². The molecule has 1 amide bonds. The van der Waals surface area contributed by atoms with Gasteiger partial charge in [-0.25, -0.2) is 9.92 Å². The fourth-order valence-corrected chi connectivity index (χ4v) is 1.26. The van der Waals surface area contributed by atoms with Crippen LogP contribution in [0.1, 0.15) is 30.1 Å². The summed E-state index contributed by atoms with van der Waals surface area (Å²) in [5.74, 6) is -0.896. The van der Waals surface area contributed by atoms with Crippen LogP contribution in [-0.2, 0) is 0 Å². The van der Waals surface area contributed by atoms with Crippen molar-refractivity contribution in [3.05, 3.63) is 29.6 Å². The summed E-state index contributed by atoms with van der Waals surface area (Å²) in [4.78, 5) is 11.6. The fourth-order valence-electron chi connectivity index (χ4n) is 1.26. The largest absolute Gasteiger partial charge is 0.352 e. The third kappa shape index (κ3) is 3.12. The van der Waals surface area contributed by atoms with E-state index in [9.17, 15) is 9.18 Å². The number of benzene rings is 1. The molecule has 2 N–H and O–H groups in total. The molecular weight excluding hydrogens is 209 g/mol. The van der Waals surface area contributed by atoms with E-state index >= 15 is 0 Å². The molecule has 0 bridgehead atoms. The topological polar surface area (TPSA) is 65.3 Å². The summed E-state index contributed by atoms with van der Waals surface area (Å²) in [5, 5.41) is 5.84. The van der Waals surface area contributed by atoms with Gasteiger partial charge in [0.2, 0.25) is 0 Å². The van der Waals surface area contributed by atoms with Crippen LogP contribution in [0.2, 0.25) is 0 Å². The van der Waals surface area contributed by atoms with E-state index in [0.29, 0.717) is 6.54 Å². The Kier molecular flexibility index (Phi) is 4.57. The Morgan fingerprint density at radius 2 is 2.31 bits per heavy atom. The van der Waals surface area contributed by atoms with E-state index in [-0.39, 0.29) is 17.2 Å². The first-order valence-electron chi connectivity index (χ1n) is 5.14. The zero-order chi connectivity index (χ0) is 12.0. The van der Waals surface area contributed by atoms with E-state index in [1.807, 2.05) is 6.92 Å². The van der Waals surface area contributed by atoms with Crippen LogP contribution in [0.25, 0.3) is 0 Å². The van der Waals surface area contributed by atoms with Gasteiger partial charge in [0, 0.05) is 6.54 Å². The predicted octanol–water partition coefficient (Wildman–Crippen LogP) is 3.02. The van der Waals surface area contributed by atoms with Crippen molar-refractivity contribution in [1.82, 2.24) is 5.32 Å². The summed E-state index contributed by atoms with van der Waals surface area (Å²) in [7, 11) is 0. The number of carbonyl (C=O) groups is 1. The van der Waals surface area contributed by atoms with Crippen molar-refractivity contribution in [3.8, 4) is 0 Å². The summed E-state index contributed by atoms with van der Waals surface area (Å²) >= 11 is 0. The summed E-state index contributed by atoms with van der Waals surface area (Å²) in [6.07, 6.45) is 1.84. The molecule has 0 aliphatic rings. The summed E-state index contributed by atoms with van der Waals surface area (Å²) < 4.78 is 12.9. The number of nitrogens with one attached hydrogen (secondary N) is 2. The molecule has 0 atom stereocenters. The third-order valence-corrected chi connectivity index (χ3v) is 2.14. The fraction of sp³-hybridized carbons (Fsp3) is 0.364. The van der Waals surface area contributed by atoms with E-state index in [0.717, 1.165) is 18.9 Å². The lowest BCUT2D eigenvalue weighted by Crippen LogP contribution is -2.24. The monoisotopic (exact) mass is 223 g/mol. The molecule has 1 aromatic rings. The van der Waals surface area contributed by atoms with Gasteiger partial charge in [0.25, 0.3) is 5.91 Å². The Morgan fingerprint density at radius 3 is 2.94 bits per heavy atom. The molecule has 0 aliphatic heterocycles. The second kappa shape index (κ2) is 5.95. The Bertz CT molecular complexity index is 393. The average molecular weight is 223 g/mol. The minimum absolute atomic E-state index is 0.103. The second-order valence-corrected chi connectivity index (χ2v) is 3.38. The van der Waals surface area contributed by atoms with Gasteiger partial charge in [-0.15, -0.1) is 0 Å². The first kappa shape index (κ1) is 12.3. The van der Waals surface area contributed by atoms with E-state index in [4.69, 9.17) is 5.53 Å². The lowest BCUT2D eigenvalue weighted by Gasteiger charge is -2.06. The molecule has 0 radical (unpaired) electrons. The molecule has 5 heteroatoms. The highest BCUT2D eigenvalue weighted by Gasteiger charge is 2.11. The maximum atomic E-state index is 12.9. The molecule has 0 saturated carbocycles. The highest BCUT2D eigenvalue weighted by molar-refractivity contribution is 5.98. The van der Waals surface area contributed by atoms with Crippen LogP contribution in [-0.4, -0.2) is 12.5 Å². The minimum Gasteiger partial charge on any atom is -0.352 e. The average Bonchev–Trinajstić information content (AvgIpc) is 2.29. The molecule has 16 heavy (non-hydrogen) atoms. The van der Waals surface area contributed by atoms with Gasteiger partial charge in [-0.3, -0.25) is 4.79 Å². The quantitative estimate of drug-likeness (QED) is 0.584. The van der Waals surface area contributed by atoms with Crippen molar-refractivity contribution in [3.63, 3.8) is 0 Å². The number of nitrogens with zero attached hydrogens (tertiary/aromatic N) is 1. The van der Waals surface area contributed by atoms with Crippen LogP contribution in [0.15, 0.2) is 23.3 Å². The molecule has 0 aliphatic carbocycles. The standard InChI is InChI=1S/C11H14FN3O/c1-2-3-6-14-11(16)9-7-8(12)4-5-10(9)15-13/h4-5,7,13H,2-3,6H2,1H3,(H,14,16). The molecule has 86 valence electrons. The van der Waals surface area contributed by atoms with Crippen LogP contribution < -0.4 is 5.32 Å². The lowest BCUT2D eigenvalue weighted by atomic mass is 10.1. The lowest BCUT2D eigenvalue weighted by molar-refractivity contribution is 0.0953. The van der Waals surface area contributed by atoms with Crippen LogP contribution in [0.4, 0.5) is 10.1 Å². The number of rotatable bonds is 5. The number of hydrogen-bond acceptors (Lipinski definition) is 3. The Labute approximate surface area is 93.4 Å². The van der Waals surface area contributed by atoms with Crippen molar-refractivity contribution >= 4 is 11.6 Å². The normalized spacial score (nSPS) is 9.88. The highest BCUT2D eigenvalue weighted by Crippen LogP contribution is 2.19. The van der Waals surface area contributed by atoms with Gasteiger partial charge in [0.15, 0.2) is 0 Å². The molecule has 1 rings (SSSR count). The number of hydrogen-bond donors (Lipinski definition) is 2. The van der Waals surface area contributed by atoms with Crippen molar-refractivity contribution in [2.75, 3.05) is 6.54 Å². The molecule has 0 saturated heterocycles. The van der Waals surface area contributed by atoms with Crippen molar-refractivity contribution in [2.24, 2.45) is 5.11 Å². The molecule has 0 fully saturated rings. The molecule has 1 aromatic carbocycles. The molecule has 0 aromatic heterocycles. The zero-order valence-corrected chi connectivity index (χ0v) is 9.09. The SMILES string of the molecule is CCCCNC(=O)c1cc(F)ccc1N=N. The molecule has 0 spiro atoms. The number of amides is 1. The Balaban J connectivity index is 2.80. The molecular formula is C11H14FN3O. The highest BCUT2D eigenvalue weighted by atomic mass is 19.1. The van der Waals surface area contributed by atoms with Crippen molar-refractivity contribution < 1.29 is 9.18 Å². The minimum atomic E-state index is -0.506. The van der Waals surface area contributed by atoms with Gasteiger partial charge < -0.3 is 5.32 Å². The molecule has 0 unspecified atom stereocenters. The predicted molar refractivity (Wildman–Crippen MR) is 58.4 cm³/mol. The molecule has 4 nitrogen and oxygen atoms in total. The summed E-state index contributed by atoms with van der Waals surface area (Å²) in [6.45, 7) is 2.56. The van der Waals surface area contributed by atoms with Crippen LogP contribution >= 0.6 is 0 Å². The first-order valence-corrected chi connectivity index (χ1v) is 5.14. The molecule has 0 heterocycles. The Morgan fingerprint density at radius 1 is 1.56 bits per heavy atom. The van der Waals surface area contributed by atoms with Gasteiger partial charge in [0.1, 0.15) is 5.82 Å². The van der Waals surface area contributed by atoms with Gasteiger partial charge >= 0.3 is 0 Å². The van der Waals surface area contributed by atoms with Gasteiger partial charge in [-0.2, -0.15) is 5.11 Å². The summed E-state index contributed by atoms with van der Waals surface area (Å²) in [5.41, 5.74) is 7.16. The first-order chi connectivity index (χ1) is 7.69. The van der Waals surface area contributed by atoms with E-state index in [1.54, 1.807) is 0 Å². The maximum Gasteiger partial charge on any atom is 0.253 e. The smallest absolute Gasteiger partial charge is 0.253 e. The van der Waals surface area contributed by atoms with E-state index < -0.39 is 5.82 Å². The summed E-state index contributed by atoms with van der Waals surface area (Å²) in [6, 6.07) is 3.59. The van der Waals surface area contributed by atoms with E-state index in [2.05, 4.69) is 10.4 Å². The number of unbranched alkanes of at least 4 members (excludes halogenated alkanes) is 1. The van der Waals surface area contributed by atoms with E-state index in [1.165, 1.54) is 12.1 Å². The maximum absolute atomic E-state index is 12.9. The zero-order valence-electron chi connectivity index (χ0n) is 9.09. The second-order valence-electron chi connectivity index (χ2n) is 3.38. The van der Waals surface area contributed by atoms with Crippen LogP contribution in [0.5, 0.6) is 0 Å². The van der Waals surface area contributed by atoms with Gasteiger partial charge in [-0.1, -0.05) is 13.3 Å². The van der Waals surface area contributed by atoms with Crippen LogP contribution in [0, 0.1) is 11.3 Å². The number of carbonyl (C=O) groups excluding carboxylic acids is 1. The third-order valence-electron chi connectivity index (χ3n) is 2.14. The number of halogens is 1.